The SMILES string of the molecule is CCCCNC(=O)C(CC)N(Cc1ccccc1C)C(=O)CN(c1ccc(OCC)cc1)S(=O)(=O)c1ccc(OC)c(OC)c1. The Balaban J connectivity index is 2.10. The number of ether oxygens (including phenoxy) is 3. The number of benzene rings is 3. The van der Waals surface area contributed by atoms with Gasteiger partial charge in [0.15, 0.2) is 11.5 Å². The van der Waals surface area contributed by atoms with E-state index in [1.54, 1.807) is 24.3 Å². The number of carbonyl (C=O) groups excluding carboxylic acids is 2. The summed E-state index contributed by atoms with van der Waals surface area (Å²) >= 11 is 0. The molecule has 0 spiro atoms. The van der Waals surface area contributed by atoms with Crippen LogP contribution >= 0.6 is 0 Å². The highest BCUT2D eigenvalue weighted by Gasteiger charge is 2.34. The minimum absolute atomic E-state index is 0.0864. The van der Waals surface area contributed by atoms with Gasteiger partial charge in [0.25, 0.3) is 10.0 Å². The topological polar surface area (TPSA) is 114 Å². The summed E-state index contributed by atoms with van der Waals surface area (Å²) in [6.45, 7) is 8.19. The van der Waals surface area contributed by atoms with Gasteiger partial charge in [0.05, 0.1) is 31.4 Å². The Morgan fingerprint density at radius 3 is 2.20 bits per heavy atom. The number of hydrogen-bond acceptors (Lipinski definition) is 7. The summed E-state index contributed by atoms with van der Waals surface area (Å²) in [6, 6.07) is 17.6. The number of rotatable bonds is 17. The van der Waals surface area contributed by atoms with E-state index in [0.717, 1.165) is 28.3 Å². The van der Waals surface area contributed by atoms with Crippen LogP contribution in [0.3, 0.4) is 0 Å². The zero-order valence-electron chi connectivity index (χ0n) is 27.0. The smallest absolute Gasteiger partial charge is 0.264 e. The van der Waals surface area contributed by atoms with E-state index in [9.17, 15) is 18.0 Å². The fourth-order valence-electron chi connectivity index (χ4n) is 4.90. The molecule has 0 aliphatic heterocycles. The molecule has 0 saturated heterocycles. The lowest BCUT2D eigenvalue weighted by atomic mass is 10.1. The molecule has 3 aromatic rings. The molecule has 0 heterocycles. The molecule has 11 heteroatoms. The third-order valence-electron chi connectivity index (χ3n) is 7.47. The second-order valence-electron chi connectivity index (χ2n) is 10.5. The van der Waals surface area contributed by atoms with Crippen LogP contribution in [-0.2, 0) is 26.2 Å². The molecule has 0 fully saturated rings. The lowest BCUT2D eigenvalue weighted by molar-refractivity contribution is -0.140. The standard InChI is InChI=1S/C34H45N3O7S/c1-7-10-21-35-34(39)30(8-2)36(23-26-14-12-11-13-25(26)4)33(38)24-37(27-15-17-28(18-16-27)44-9-3)45(40,41)29-19-20-31(42-5)32(22-29)43-6/h11-20,22,30H,7-10,21,23-24H2,1-6H3,(H,35,39). The van der Waals surface area contributed by atoms with E-state index in [2.05, 4.69) is 5.32 Å². The summed E-state index contributed by atoms with van der Waals surface area (Å²) in [5.74, 6) is 0.362. The van der Waals surface area contributed by atoms with Crippen LogP contribution in [-0.4, -0.2) is 65.1 Å². The number of nitrogens with zero attached hydrogens (tertiary/aromatic N) is 2. The average molecular weight is 640 g/mol. The minimum Gasteiger partial charge on any atom is -0.494 e. The quantitative estimate of drug-likeness (QED) is 0.199. The Morgan fingerprint density at radius 2 is 1.60 bits per heavy atom. The predicted octanol–water partition coefficient (Wildman–Crippen LogP) is 5.33. The van der Waals surface area contributed by atoms with Crippen LogP contribution in [0.2, 0.25) is 0 Å². The number of amides is 2. The molecule has 244 valence electrons. The first-order chi connectivity index (χ1) is 21.6. The van der Waals surface area contributed by atoms with Crippen LogP contribution in [0, 0.1) is 6.92 Å². The second kappa shape index (κ2) is 16.7. The molecule has 3 rings (SSSR count). The van der Waals surface area contributed by atoms with Crippen molar-refractivity contribution in [1.82, 2.24) is 10.2 Å². The third-order valence-corrected chi connectivity index (χ3v) is 9.24. The Morgan fingerprint density at radius 1 is 0.911 bits per heavy atom. The van der Waals surface area contributed by atoms with Gasteiger partial charge < -0.3 is 24.4 Å². The van der Waals surface area contributed by atoms with Crippen molar-refractivity contribution in [3.63, 3.8) is 0 Å². The van der Waals surface area contributed by atoms with E-state index in [1.165, 1.54) is 37.3 Å². The van der Waals surface area contributed by atoms with Crippen LogP contribution in [0.15, 0.2) is 71.6 Å². The summed E-state index contributed by atoms with van der Waals surface area (Å²) in [6.07, 6.45) is 2.07. The highest BCUT2D eigenvalue weighted by Crippen LogP contribution is 2.33. The Bertz CT molecular complexity index is 1530. The minimum atomic E-state index is -4.31. The lowest BCUT2D eigenvalue weighted by Crippen LogP contribution is -2.52. The number of sulfonamides is 1. The van der Waals surface area contributed by atoms with Crippen LogP contribution < -0.4 is 23.8 Å². The van der Waals surface area contributed by atoms with Gasteiger partial charge in [-0.25, -0.2) is 8.42 Å². The van der Waals surface area contributed by atoms with Crippen LogP contribution in [0.25, 0.3) is 0 Å². The zero-order valence-corrected chi connectivity index (χ0v) is 27.9. The molecule has 45 heavy (non-hydrogen) atoms. The van der Waals surface area contributed by atoms with Crippen molar-refractivity contribution in [3.05, 3.63) is 77.9 Å². The zero-order chi connectivity index (χ0) is 33.0. The molecule has 0 aromatic heterocycles. The molecular weight excluding hydrogens is 594 g/mol. The highest BCUT2D eigenvalue weighted by atomic mass is 32.2. The molecule has 0 aliphatic carbocycles. The first kappa shape index (κ1) is 35.2. The van der Waals surface area contributed by atoms with Crippen molar-refractivity contribution in [2.24, 2.45) is 0 Å². The van der Waals surface area contributed by atoms with Crippen molar-refractivity contribution >= 4 is 27.5 Å². The fourth-order valence-corrected chi connectivity index (χ4v) is 6.34. The maximum atomic E-state index is 14.3. The lowest BCUT2D eigenvalue weighted by Gasteiger charge is -2.33. The molecule has 10 nitrogen and oxygen atoms in total. The van der Waals surface area contributed by atoms with Gasteiger partial charge in [-0.1, -0.05) is 44.5 Å². The summed E-state index contributed by atoms with van der Waals surface area (Å²) < 4.78 is 45.8. The number of methoxy groups -OCH3 is 2. The number of nitrogens with one attached hydrogen (secondary N) is 1. The average Bonchev–Trinajstić information content (AvgIpc) is 3.04. The van der Waals surface area contributed by atoms with Crippen molar-refractivity contribution in [3.8, 4) is 17.2 Å². The Labute approximate surface area is 267 Å². The van der Waals surface area contributed by atoms with Crippen molar-refractivity contribution in [2.45, 2.75) is 64.4 Å². The number of anilines is 1. The van der Waals surface area contributed by atoms with Crippen LogP contribution in [0.1, 0.15) is 51.2 Å². The maximum Gasteiger partial charge on any atom is 0.264 e. The normalized spacial score (nSPS) is 11.8. The summed E-state index contributed by atoms with van der Waals surface area (Å²) in [4.78, 5) is 29.1. The summed E-state index contributed by atoms with van der Waals surface area (Å²) in [7, 11) is -1.43. The van der Waals surface area contributed by atoms with E-state index in [1.807, 2.05) is 52.0 Å². The van der Waals surface area contributed by atoms with E-state index in [4.69, 9.17) is 14.2 Å². The first-order valence-electron chi connectivity index (χ1n) is 15.2. The monoisotopic (exact) mass is 639 g/mol. The fraction of sp³-hybridized carbons (Fsp3) is 0.412. The maximum absolute atomic E-state index is 14.3. The van der Waals surface area contributed by atoms with E-state index >= 15 is 0 Å². The summed E-state index contributed by atoms with van der Waals surface area (Å²) in [5, 5.41) is 2.95. The van der Waals surface area contributed by atoms with Gasteiger partial charge in [-0.2, -0.15) is 0 Å². The molecule has 3 aromatic carbocycles. The van der Waals surface area contributed by atoms with E-state index in [-0.39, 0.29) is 28.8 Å². The number of aryl methyl sites for hydroxylation is 1. The molecule has 1 N–H and O–H groups in total. The largest absolute Gasteiger partial charge is 0.494 e. The molecule has 0 aliphatic rings. The molecule has 1 atom stereocenters. The van der Waals surface area contributed by atoms with Gasteiger partial charge in [-0.05, 0) is 74.2 Å². The highest BCUT2D eigenvalue weighted by molar-refractivity contribution is 7.92. The van der Waals surface area contributed by atoms with Crippen molar-refractivity contribution in [1.29, 1.82) is 0 Å². The number of carbonyl (C=O) groups is 2. The molecule has 2 amide bonds. The summed E-state index contributed by atoms with van der Waals surface area (Å²) in [5.41, 5.74) is 2.08. The van der Waals surface area contributed by atoms with E-state index in [0.29, 0.717) is 31.1 Å². The van der Waals surface area contributed by atoms with Gasteiger partial charge >= 0.3 is 0 Å². The predicted molar refractivity (Wildman–Crippen MR) is 175 cm³/mol. The molecule has 1 unspecified atom stereocenters. The van der Waals surface area contributed by atoms with Gasteiger partial charge in [-0.15, -0.1) is 0 Å². The van der Waals surface area contributed by atoms with Crippen molar-refractivity contribution in [2.75, 3.05) is 38.2 Å². The van der Waals surface area contributed by atoms with Crippen molar-refractivity contribution < 1.29 is 32.2 Å². The first-order valence-corrected chi connectivity index (χ1v) is 16.6. The number of unbranched alkanes of at least 4 members (excludes halogenated alkanes) is 1. The van der Waals surface area contributed by atoms with Crippen LogP contribution in [0.5, 0.6) is 17.2 Å². The second-order valence-corrected chi connectivity index (χ2v) is 12.3. The molecule has 0 saturated carbocycles. The Hall–Kier alpha value is -4.25. The Kier molecular flexibility index (Phi) is 13.1. The number of hydrogen-bond donors (Lipinski definition) is 1. The molecular formula is C34H45N3O7S. The van der Waals surface area contributed by atoms with Crippen LogP contribution in [0.4, 0.5) is 5.69 Å². The van der Waals surface area contributed by atoms with Gasteiger partial charge in [0, 0.05) is 19.2 Å². The van der Waals surface area contributed by atoms with Gasteiger partial charge in [0.1, 0.15) is 18.3 Å². The van der Waals surface area contributed by atoms with Gasteiger partial charge in [0.2, 0.25) is 11.8 Å². The molecule has 0 bridgehead atoms. The van der Waals surface area contributed by atoms with E-state index < -0.39 is 28.5 Å². The molecule has 0 radical (unpaired) electrons. The van der Waals surface area contributed by atoms with Gasteiger partial charge in [-0.3, -0.25) is 13.9 Å². The third kappa shape index (κ3) is 8.91.